The van der Waals surface area contributed by atoms with E-state index >= 15 is 0 Å². The van der Waals surface area contributed by atoms with Crippen molar-refractivity contribution in [2.24, 2.45) is 5.84 Å². The van der Waals surface area contributed by atoms with E-state index in [0.717, 1.165) is 12.8 Å². The fraction of sp³-hybridized carbons (Fsp3) is 0.500. The van der Waals surface area contributed by atoms with Crippen molar-refractivity contribution in [3.05, 3.63) is 29.6 Å². The van der Waals surface area contributed by atoms with Crippen LogP contribution in [0.5, 0.6) is 0 Å². The first kappa shape index (κ1) is 14.7. The molecule has 20 heavy (non-hydrogen) atoms. The molecule has 1 atom stereocenters. The molecule has 1 saturated heterocycles. The van der Waals surface area contributed by atoms with E-state index in [1.54, 1.807) is 11.0 Å². The maximum absolute atomic E-state index is 13.6. The van der Waals surface area contributed by atoms with Crippen molar-refractivity contribution >= 4 is 11.6 Å². The molecule has 0 bridgehead atoms. The first-order valence-electron chi connectivity index (χ1n) is 6.83. The number of anilines is 1. The number of nitrogens with two attached hydrogens (primary N) is 1. The maximum atomic E-state index is 13.6. The molecule has 110 valence electrons. The smallest absolute Gasteiger partial charge is 0.256 e. The number of nitrogen functional groups attached to an aromatic ring is 1. The van der Waals surface area contributed by atoms with Gasteiger partial charge in [-0.3, -0.25) is 10.6 Å². The highest BCUT2D eigenvalue weighted by atomic mass is 19.1. The highest BCUT2D eigenvalue weighted by molar-refractivity contribution is 5.99. The Labute approximate surface area is 117 Å². The quantitative estimate of drug-likeness (QED) is 0.652. The standard InChI is InChI=1S/C14H20FN3O2/c1-2-20-10-5-4-8-18(9-10)14(19)11-6-3-7-12(15)13(11)17-16/h3,6-7,10,17H,2,4-5,8-9,16H2,1H3. The summed E-state index contributed by atoms with van der Waals surface area (Å²) in [5.41, 5.74) is 2.56. The minimum Gasteiger partial charge on any atom is -0.377 e. The number of amides is 1. The lowest BCUT2D eigenvalue weighted by atomic mass is 10.1. The van der Waals surface area contributed by atoms with Gasteiger partial charge in [-0.1, -0.05) is 6.07 Å². The minimum atomic E-state index is -0.531. The lowest BCUT2D eigenvalue weighted by Crippen LogP contribution is -2.43. The fourth-order valence-corrected chi connectivity index (χ4v) is 2.51. The van der Waals surface area contributed by atoms with Gasteiger partial charge >= 0.3 is 0 Å². The predicted molar refractivity (Wildman–Crippen MR) is 74.8 cm³/mol. The summed E-state index contributed by atoms with van der Waals surface area (Å²) in [6.07, 6.45) is 1.89. The molecule has 1 aromatic carbocycles. The average molecular weight is 281 g/mol. The van der Waals surface area contributed by atoms with Crippen LogP contribution in [0.1, 0.15) is 30.1 Å². The molecule has 2 rings (SSSR count). The number of carbonyl (C=O) groups is 1. The molecular weight excluding hydrogens is 261 g/mol. The third kappa shape index (κ3) is 3.08. The highest BCUT2D eigenvalue weighted by Gasteiger charge is 2.26. The molecule has 5 nitrogen and oxygen atoms in total. The molecule has 0 spiro atoms. The summed E-state index contributed by atoms with van der Waals surface area (Å²) in [5.74, 6) is 4.56. The predicted octanol–water partition coefficient (Wildman–Crippen LogP) is 1.75. The van der Waals surface area contributed by atoms with Crippen molar-refractivity contribution in [2.45, 2.75) is 25.9 Å². The molecular formula is C14H20FN3O2. The molecule has 1 fully saturated rings. The lowest BCUT2D eigenvalue weighted by Gasteiger charge is -2.32. The van der Waals surface area contributed by atoms with E-state index in [0.29, 0.717) is 19.7 Å². The minimum absolute atomic E-state index is 0.0380. The van der Waals surface area contributed by atoms with Gasteiger partial charge in [-0.25, -0.2) is 4.39 Å². The van der Waals surface area contributed by atoms with E-state index in [1.807, 2.05) is 6.92 Å². The Bertz CT molecular complexity index is 479. The van der Waals surface area contributed by atoms with Gasteiger partial charge in [-0.05, 0) is 31.9 Å². The number of piperidine rings is 1. The van der Waals surface area contributed by atoms with Gasteiger partial charge in [0.15, 0.2) is 0 Å². The Balaban J connectivity index is 2.16. The Morgan fingerprint density at radius 3 is 3.10 bits per heavy atom. The van der Waals surface area contributed by atoms with Crippen LogP contribution in [0.25, 0.3) is 0 Å². The van der Waals surface area contributed by atoms with Crippen molar-refractivity contribution in [1.29, 1.82) is 0 Å². The van der Waals surface area contributed by atoms with Crippen LogP contribution in [0.2, 0.25) is 0 Å². The molecule has 1 aliphatic heterocycles. The van der Waals surface area contributed by atoms with Crippen LogP contribution in [0.3, 0.4) is 0 Å². The molecule has 1 aromatic rings. The number of halogens is 1. The van der Waals surface area contributed by atoms with Gasteiger partial charge in [-0.15, -0.1) is 0 Å². The number of rotatable bonds is 4. The molecule has 6 heteroatoms. The van der Waals surface area contributed by atoms with Gasteiger partial charge in [0, 0.05) is 19.7 Å². The first-order valence-corrected chi connectivity index (χ1v) is 6.83. The van der Waals surface area contributed by atoms with Crippen molar-refractivity contribution in [3.8, 4) is 0 Å². The number of hydrogen-bond donors (Lipinski definition) is 2. The van der Waals surface area contributed by atoms with E-state index in [-0.39, 0.29) is 23.3 Å². The molecule has 0 radical (unpaired) electrons. The number of hydrazine groups is 1. The average Bonchev–Trinajstić information content (AvgIpc) is 2.47. The Morgan fingerprint density at radius 2 is 2.40 bits per heavy atom. The summed E-state index contributed by atoms with van der Waals surface area (Å²) in [6, 6.07) is 4.35. The van der Waals surface area contributed by atoms with Crippen molar-refractivity contribution < 1.29 is 13.9 Å². The van der Waals surface area contributed by atoms with Gasteiger partial charge in [0.1, 0.15) is 5.82 Å². The normalized spacial score (nSPS) is 18.9. The molecule has 0 aliphatic carbocycles. The summed E-state index contributed by atoms with van der Waals surface area (Å²) in [6.45, 7) is 3.75. The number of benzene rings is 1. The third-order valence-corrected chi connectivity index (χ3v) is 3.46. The molecule has 0 aromatic heterocycles. The van der Waals surface area contributed by atoms with E-state index in [4.69, 9.17) is 10.6 Å². The monoisotopic (exact) mass is 281 g/mol. The molecule has 1 unspecified atom stereocenters. The Kier molecular flexibility index (Phi) is 4.92. The number of nitrogens with zero attached hydrogens (tertiary/aromatic N) is 1. The van der Waals surface area contributed by atoms with Crippen LogP contribution in [0.15, 0.2) is 18.2 Å². The molecule has 3 N–H and O–H groups in total. The van der Waals surface area contributed by atoms with Crippen molar-refractivity contribution in [1.82, 2.24) is 4.90 Å². The molecule has 0 saturated carbocycles. The Morgan fingerprint density at radius 1 is 1.60 bits per heavy atom. The van der Waals surface area contributed by atoms with Crippen molar-refractivity contribution in [3.63, 3.8) is 0 Å². The van der Waals surface area contributed by atoms with Crippen molar-refractivity contribution in [2.75, 3.05) is 25.1 Å². The number of hydrogen-bond acceptors (Lipinski definition) is 4. The number of para-hydroxylation sites is 1. The summed E-state index contributed by atoms with van der Waals surface area (Å²) in [4.78, 5) is 14.2. The third-order valence-electron chi connectivity index (χ3n) is 3.46. The van der Waals surface area contributed by atoms with E-state index in [1.165, 1.54) is 12.1 Å². The summed E-state index contributed by atoms with van der Waals surface area (Å²) >= 11 is 0. The number of carbonyl (C=O) groups excluding carboxylic acids is 1. The van der Waals surface area contributed by atoms with Crippen LogP contribution >= 0.6 is 0 Å². The van der Waals surface area contributed by atoms with Crippen LogP contribution < -0.4 is 11.3 Å². The van der Waals surface area contributed by atoms with Crippen LogP contribution in [0.4, 0.5) is 10.1 Å². The van der Waals surface area contributed by atoms with Crippen LogP contribution in [0, 0.1) is 5.82 Å². The van der Waals surface area contributed by atoms with E-state index < -0.39 is 5.82 Å². The first-order chi connectivity index (χ1) is 9.67. The summed E-state index contributed by atoms with van der Waals surface area (Å²) < 4.78 is 19.2. The van der Waals surface area contributed by atoms with Crippen LogP contribution in [-0.2, 0) is 4.74 Å². The van der Waals surface area contributed by atoms with Gasteiger partial charge in [0.25, 0.3) is 5.91 Å². The van der Waals surface area contributed by atoms with Gasteiger partial charge in [0.2, 0.25) is 0 Å². The fourth-order valence-electron chi connectivity index (χ4n) is 2.51. The van der Waals surface area contributed by atoms with Gasteiger partial charge in [-0.2, -0.15) is 0 Å². The lowest BCUT2D eigenvalue weighted by molar-refractivity contribution is 0.00726. The Hall–Kier alpha value is -1.66. The topological polar surface area (TPSA) is 67.6 Å². The molecule has 1 amide bonds. The summed E-state index contributed by atoms with van der Waals surface area (Å²) in [7, 11) is 0. The number of nitrogens with one attached hydrogen (secondary N) is 1. The molecule has 1 aliphatic rings. The zero-order chi connectivity index (χ0) is 14.5. The number of likely N-dealkylation sites (tertiary alicyclic amines) is 1. The van der Waals surface area contributed by atoms with Crippen LogP contribution in [-0.4, -0.2) is 36.6 Å². The van der Waals surface area contributed by atoms with Gasteiger partial charge in [0.05, 0.1) is 17.4 Å². The SMILES string of the molecule is CCOC1CCCN(C(=O)c2cccc(F)c2NN)C1. The second-order valence-corrected chi connectivity index (χ2v) is 4.78. The largest absolute Gasteiger partial charge is 0.377 e. The van der Waals surface area contributed by atoms with E-state index in [2.05, 4.69) is 5.43 Å². The van der Waals surface area contributed by atoms with E-state index in [9.17, 15) is 9.18 Å². The highest BCUT2D eigenvalue weighted by Crippen LogP contribution is 2.22. The zero-order valence-electron chi connectivity index (χ0n) is 11.6. The second-order valence-electron chi connectivity index (χ2n) is 4.78. The number of ether oxygens (including phenoxy) is 1. The second kappa shape index (κ2) is 6.67. The van der Waals surface area contributed by atoms with Gasteiger partial charge < -0.3 is 15.1 Å². The zero-order valence-corrected chi connectivity index (χ0v) is 11.6. The summed E-state index contributed by atoms with van der Waals surface area (Å²) in [5, 5.41) is 0. The molecule has 1 heterocycles. The maximum Gasteiger partial charge on any atom is 0.256 e.